The summed E-state index contributed by atoms with van der Waals surface area (Å²) < 4.78 is 0. The van der Waals surface area contributed by atoms with Crippen LogP contribution in [0.4, 0.5) is 34.4 Å². The van der Waals surface area contributed by atoms with Crippen molar-refractivity contribution in [2.75, 3.05) is 107 Å². The summed E-state index contributed by atoms with van der Waals surface area (Å²) in [5, 5.41) is 19.5. The molecule has 6 heterocycles. The maximum absolute atomic E-state index is 13.0. The molecule has 4 aliphatic rings. The van der Waals surface area contributed by atoms with Gasteiger partial charge in [-0.3, -0.25) is 29.4 Å². The molecule has 10 rings (SSSR count). The zero-order valence-corrected chi connectivity index (χ0v) is 42.5. The number of nitrogens with zero attached hydrogens (tertiary/aromatic N) is 7. The van der Waals surface area contributed by atoms with E-state index in [9.17, 15) is 9.59 Å². The van der Waals surface area contributed by atoms with E-state index in [1.165, 1.54) is 0 Å². The fourth-order valence-corrected chi connectivity index (χ4v) is 9.34. The minimum atomic E-state index is -0.104. The Kier molecular flexibility index (Phi) is 17.4. The highest BCUT2D eigenvalue weighted by Gasteiger charge is 2.20. The van der Waals surface area contributed by atoms with E-state index in [1.54, 1.807) is 0 Å². The van der Waals surface area contributed by atoms with Crippen LogP contribution in [-0.2, 0) is 25.9 Å². The lowest BCUT2D eigenvalue weighted by atomic mass is 10.1. The topological polar surface area (TPSA) is 167 Å². The van der Waals surface area contributed by atoms with Crippen LogP contribution in [0.25, 0.3) is 0 Å². The summed E-state index contributed by atoms with van der Waals surface area (Å²) in [5.74, 6) is 1.56. The summed E-state index contributed by atoms with van der Waals surface area (Å²) in [7, 11) is 4.16. The lowest BCUT2D eigenvalue weighted by Gasteiger charge is -2.27. The third kappa shape index (κ3) is 14.3. The van der Waals surface area contributed by atoms with E-state index in [4.69, 9.17) is 9.98 Å². The average Bonchev–Trinajstić information content (AvgIpc) is 4.05. The first-order chi connectivity index (χ1) is 35.7. The second-order valence-electron chi connectivity index (χ2n) is 19.4. The summed E-state index contributed by atoms with van der Waals surface area (Å²) in [4.78, 5) is 51.7. The monoisotopic (exact) mass is 980 g/mol. The van der Waals surface area contributed by atoms with Crippen molar-refractivity contribution in [2.24, 2.45) is 9.98 Å². The molecule has 2 amide bonds. The summed E-state index contributed by atoms with van der Waals surface area (Å²) in [6, 6.07) is 35.9. The van der Waals surface area contributed by atoms with E-state index in [0.29, 0.717) is 11.1 Å². The number of amides is 2. The Morgan fingerprint density at radius 3 is 1.51 bits per heavy atom. The number of benzene rings is 4. The van der Waals surface area contributed by atoms with Gasteiger partial charge in [-0.1, -0.05) is 43.3 Å². The van der Waals surface area contributed by atoms with Gasteiger partial charge in [0.15, 0.2) is 0 Å². The Morgan fingerprint density at radius 1 is 0.589 bits per heavy atom. The number of fused-ring (bicyclic) bond motifs is 2. The molecule has 15 heteroatoms. The summed E-state index contributed by atoms with van der Waals surface area (Å²) in [6.45, 7) is 14.9. The van der Waals surface area contributed by atoms with E-state index in [-0.39, 0.29) is 11.8 Å². The van der Waals surface area contributed by atoms with Crippen LogP contribution < -0.4 is 31.9 Å². The predicted octanol–water partition coefficient (Wildman–Crippen LogP) is 8.02. The van der Waals surface area contributed by atoms with Crippen LogP contribution in [-0.4, -0.2) is 134 Å². The van der Waals surface area contributed by atoms with Crippen LogP contribution in [0.5, 0.6) is 0 Å². The quantitative estimate of drug-likeness (QED) is 0.0462. The average molecular weight is 980 g/mol. The number of carbonyl (C=O) groups excluding carboxylic acids is 2. The molecule has 4 aliphatic heterocycles. The minimum absolute atomic E-state index is 0.103. The lowest BCUT2D eigenvalue weighted by Crippen LogP contribution is -2.42. The predicted molar refractivity (Wildman–Crippen MR) is 297 cm³/mol. The highest BCUT2D eigenvalue weighted by atomic mass is 16.2. The lowest BCUT2D eigenvalue weighted by molar-refractivity contribution is 0.101. The smallest absolute Gasteiger partial charge is 0.255 e. The van der Waals surface area contributed by atoms with E-state index in [0.717, 1.165) is 190 Å². The molecule has 2 saturated heterocycles. The third-order valence-electron chi connectivity index (χ3n) is 13.4. The van der Waals surface area contributed by atoms with Gasteiger partial charge in [0.2, 0.25) is 0 Å². The molecule has 0 bridgehead atoms. The molecule has 15 nitrogen and oxygen atoms in total. The molecular formula is C58H69N13O2. The number of rotatable bonds is 18. The number of pyridine rings is 2. The fraction of sp³-hybridized carbons (Fsp3) is 0.345. The van der Waals surface area contributed by atoms with Crippen molar-refractivity contribution in [2.45, 2.75) is 45.7 Å². The highest BCUT2D eigenvalue weighted by Crippen LogP contribution is 2.33. The van der Waals surface area contributed by atoms with Crippen molar-refractivity contribution in [3.63, 3.8) is 0 Å². The molecule has 4 aromatic carbocycles. The molecule has 2 aromatic heterocycles. The maximum atomic E-state index is 13.0. The Labute approximate surface area is 430 Å². The number of hydrogen-bond donors (Lipinski definition) is 6. The second kappa shape index (κ2) is 25.0. The van der Waals surface area contributed by atoms with Gasteiger partial charge in [-0.05, 0) is 129 Å². The Hall–Kier alpha value is -7.14. The minimum Gasteiger partial charge on any atom is -0.370 e. The van der Waals surface area contributed by atoms with E-state index < -0.39 is 0 Å². The van der Waals surface area contributed by atoms with Crippen molar-refractivity contribution in [3.8, 4) is 0 Å². The number of hydrogen-bond acceptors (Lipinski definition) is 13. The van der Waals surface area contributed by atoms with Crippen molar-refractivity contribution in [3.05, 3.63) is 166 Å². The molecule has 0 spiro atoms. The van der Waals surface area contributed by atoms with Gasteiger partial charge in [-0.25, -0.2) is 9.97 Å². The van der Waals surface area contributed by atoms with Crippen LogP contribution in [0.1, 0.15) is 73.9 Å². The van der Waals surface area contributed by atoms with Gasteiger partial charge in [-0.2, -0.15) is 0 Å². The molecule has 0 unspecified atom stereocenters. The first kappa shape index (κ1) is 50.8. The van der Waals surface area contributed by atoms with Gasteiger partial charge in [0.1, 0.15) is 11.6 Å². The van der Waals surface area contributed by atoms with E-state index in [2.05, 4.69) is 108 Å². The van der Waals surface area contributed by atoms with Crippen LogP contribution in [0.15, 0.2) is 132 Å². The number of nitrogens with one attached hydrogen (secondary N) is 6. The Morgan fingerprint density at radius 2 is 1.07 bits per heavy atom. The zero-order valence-electron chi connectivity index (χ0n) is 42.5. The molecule has 2 fully saturated rings. The summed E-state index contributed by atoms with van der Waals surface area (Å²) >= 11 is 0. The zero-order chi connectivity index (χ0) is 50.4. The fourth-order valence-electron chi connectivity index (χ4n) is 9.34. The van der Waals surface area contributed by atoms with Crippen molar-refractivity contribution in [1.29, 1.82) is 0 Å². The standard InChI is InChI=1S/C30H37N7O.C28H32N6O/c1-36(2)14-4-11-32-29-10-8-25(20-33-29)27-18-23-7-9-26(19-28(23)35-27)34-30(38)24-6-3-5-22(17-24)21-37-15-12-31-13-16-37;1-2-10-30-27-9-7-23(18-31-27)25-16-21-6-8-24(17-26(21)33-25)32-28(35)22-5-3-4-20(15-22)19-34-13-11-29-12-14-34/h3,5-10,17,19-20,31H,4,11-16,18,21H2,1-2H3,(H,32,33)(H,34,38);3-9,15,17-18,29H,2,10-14,16,19H2,1H3,(H,30,31)(H,32,35). The van der Waals surface area contributed by atoms with Gasteiger partial charge in [-0.15, -0.1) is 0 Å². The molecule has 6 N–H and O–H groups in total. The number of anilines is 4. The van der Waals surface area contributed by atoms with Crippen molar-refractivity contribution >= 4 is 57.6 Å². The second-order valence-corrected chi connectivity index (χ2v) is 19.4. The van der Waals surface area contributed by atoms with Crippen molar-refractivity contribution < 1.29 is 9.59 Å². The van der Waals surface area contributed by atoms with Gasteiger partial charge in [0.05, 0.1) is 22.8 Å². The number of aliphatic imine (C=N–C) groups is 2. The number of carbonyl (C=O) groups is 2. The molecular weight excluding hydrogens is 911 g/mol. The van der Waals surface area contributed by atoms with Gasteiger partial charge < -0.3 is 36.8 Å². The Balaban J connectivity index is 0.000000180. The van der Waals surface area contributed by atoms with Crippen LogP contribution in [0.3, 0.4) is 0 Å². The number of piperazine rings is 2. The largest absolute Gasteiger partial charge is 0.370 e. The molecule has 73 heavy (non-hydrogen) atoms. The molecule has 0 saturated carbocycles. The first-order valence-electron chi connectivity index (χ1n) is 25.8. The summed E-state index contributed by atoms with van der Waals surface area (Å²) in [5.41, 5.74) is 13.3. The normalized spacial score (nSPS) is 15.3. The van der Waals surface area contributed by atoms with Crippen LogP contribution in [0.2, 0.25) is 0 Å². The Bertz CT molecular complexity index is 2890. The third-order valence-corrected chi connectivity index (χ3v) is 13.4. The number of aromatic nitrogens is 2. The highest BCUT2D eigenvalue weighted by molar-refractivity contribution is 6.09. The molecule has 0 atom stereocenters. The molecule has 0 aliphatic carbocycles. The van der Waals surface area contributed by atoms with Crippen LogP contribution in [0, 0.1) is 0 Å². The van der Waals surface area contributed by atoms with E-state index in [1.807, 2.05) is 91.3 Å². The molecule has 378 valence electrons. The van der Waals surface area contributed by atoms with Gasteiger partial charge >= 0.3 is 0 Å². The van der Waals surface area contributed by atoms with Gasteiger partial charge in [0.25, 0.3) is 11.8 Å². The van der Waals surface area contributed by atoms with Gasteiger partial charge in [0, 0.05) is 137 Å². The first-order valence-corrected chi connectivity index (χ1v) is 25.8. The SMILES string of the molecule is CCCNc1ccc(C2=Nc3cc(NC(=O)c4cccc(CN5CCNCC5)c4)ccc3C2)cn1.CN(C)CCCNc1ccc(C2=Nc3cc(NC(=O)c4cccc(CN5CCNCC5)c4)ccc3C2)cn1. The van der Waals surface area contributed by atoms with Crippen molar-refractivity contribution in [1.82, 2.24) is 35.3 Å². The van der Waals surface area contributed by atoms with E-state index >= 15 is 0 Å². The van der Waals surface area contributed by atoms with Crippen LogP contribution >= 0.6 is 0 Å². The summed E-state index contributed by atoms with van der Waals surface area (Å²) in [6.07, 6.45) is 7.41. The maximum Gasteiger partial charge on any atom is 0.255 e. The molecule has 0 radical (unpaired) electrons. The molecule has 6 aromatic rings.